The van der Waals surface area contributed by atoms with Crippen molar-refractivity contribution in [2.24, 2.45) is 17.8 Å². The van der Waals surface area contributed by atoms with Crippen molar-refractivity contribution in [2.75, 3.05) is 33.8 Å². The van der Waals surface area contributed by atoms with E-state index >= 15 is 0 Å². The number of hydrogen-bond donors (Lipinski definition) is 1. The molecule has 2 aliphatic carbocycles. The number of likely N-dealkylation sites (tertiary alicyclic amines) is 1. The molecule has 0 radical (unpaired) electrons. The Labute approximate surface area is 202 Å². The molecule has 1 aromatic heterocycles. The van der Waals surface area contributed by atoms with Crippen LogP contribution >= 0.6 is 11.3 Å². The second-order valence-electron chi connectivity index (χ2n) is 11.0. The topological polar surface area (TPSA) is 61.9 Å². The van der Waals surface area contributed by atoms with Crippen LogP contribution in [-0.2, 0) is 32.8 Å². The average Bonchev–Trinajstić information content (AvgIpc) is 3.44. The summed E-state index contributed by atoms with van der Waals surface area (Å²) in [4.78, 5) is 31.8. The molecule has 4 atom stereocenters. The van der Waals surface area contributed by atoms with Gasteiger partial charge in [0.05, 0.1) is 24.0 Å². The zero-order chi connectivity index (χ0) is 23.3. The standard InChI is InChI=1S/C26H39N3O3S/c1-5-19-12-22-23(33-19)6-9-32-26(22)7-8-29(16(2)14-26)15-17-10-18(11-17)27-24(30)20-13-21(20)25(31)28(3)4/h12,16-18,20-21H,5-11,13-15H2,1-4H3,(H,27,30)/t16-,17?,18?,20?,21?,26+/m0/s1. The minimum Gasteiger partial charge on any atom is -0.370 e. The number of aryl methyl sites for hydroxylation is 1. The van der Waals surface area contributed by atoms with E-state index in [0.717, 1.165) is 58.2 Å². The van der Waals surface area contributed by atoms with Gasteiger partial charge in [0.1, 0.15) is 0 Å². The highest BCUT2D eigenvalue weighted by Crippen LogP contribution is 2.47. The van der Waals surface area contributed by atoms with Crippen LogP contribution < -0.4 is 5.32 Å². The Morgan fingerprint density at radius 1 is 1.27 bits per heavy atom. The van der Waals surface area contributed by atoms with Crippen molar-refractivity contribution < 1.29 is 14.3 Å². The van der Waals surface area contributed by atoms with E-state index in [1.807, 2.05) is 11.3 Å². The average molecular weight is 474 g/mol. The van der Waals surface area contributed by atoms with E-state index in [9.17, 15) is 9.59 Å². The maximum atomic E-state index is 12.5. The largest absolute Gasteiger partial charge is 0.370 e. The van der Waals surface area contributed by atoms with Gasteiger partial charge in [-0.15, -0.1) is 11.3 Å². The maximum Gasteiger partial charge on any atom is 0.225 e. The predicted octanol–water partition coefficient (Wildman–Crippen LogP) is 3.18. The summed E-state index contributed by atoms with van der Waals surface area (Å²) in [7, 11) is 3.52. The van der Waals surface area contributed by atoms with Gasteiger partial charge in [0.15, 0.2) is 0 Å². The lowest BCUT2D eigenvalue weighted by Gasteiger charge is -2.49. The van der Waals surface area contributed by atoms with Crippen molar-refractivity contribution in [1.82, 2.24) is 15.1 Å². The number of nitrogens with zero attached hydrogens (tertiary/aromatic N) is 2. The number of thiophene rings is 1. The van der Waals surface area contributed by atoms with Crippen molar-refractivity contribution in [3.05, 3.63) is 21.4 Å². The normalized spacial score (nSPS) is 35.6. The lowest BCUT2D eigenvalue weighted by molar-refractivity contribution is -0.133. The van der Waals surface area contributed by atoms with Crippen molar-refractivity contribution in [1.29, 1.82) is 0 Å². The highest BCUT2D eigenvalue weighted by atomic mass is 32.1. The molecule has 7 heteroatoms. The van der Waals surface area contributed by atoms with E-state index in [-0.39, 0.29) is 35.3 Å². The molecule has 0 bridgehead atoms. The Morgan fingerprint density at radius 2 is 2.06 bits per heavy atom. The fourth-order valence-corrected chi connectivity index (χ4v) is 7.46. The van der Waals surface area contributed by atoms with Gasteiger partial charge in [-0.2, -0.15) is 0 Å². The summed E-state index contributed by atoms with van der Waals surface area (Å²) < 4.78 is 6.49. The molecule has 3 heterocycles. The van der Waals surface area contributed by atoms with Gasteiger partial charge in [-0.05, 0) is 63.0 Å². The highest BCUT2D eigenvalue weighted by Gasteiger charge is 2.50. The fourth-order valence-electron chi connectivity index (χ4n) is 6.28. The highest BCUT2D eigenvalue weighted by molar-refractivity contribution is 7.12. The van der Waals surface area contributed by atoms with Gasteiger partial charge in [0.2, 0.25) is 11.8 Å². The minimum absolute atomic E-state index is 0.0751. The van der Waals surface area contributed by atoms with Gasteiger partial charge < -0.3 is 19.9 Å². The molecule has 0 aromatic carbocycles. The van der Waals surface area contributed by atoms with E-state index in [4.69, 9.17) is 4.74 Å². The van der Waals surface area contributed by atoms with Crippen LogP contribution in [0.3, 0.4) is 0 Å². The molecule has 5 rings (SSSR count). The molecule has 1 N–H and O–H groups in total. The van der Waals surface area contributed by atoms with Crippen molar-refractivity contribution >= 4 is 23.2 Å². The third-order valence-corrected chi connectivity index (χ3v) is 9.76. The fraction of sp³-hybridized carbons (Fsp3) is 0.769. The second kappa shape index (κ2) is 8.97. The Morgan fingerprint density at radius 3 is 2.76 bits per heavy atom. The van der Waals surface area contributed by atoms with Gasteiger partial charge >= 0.3 is 0 Å². The number of carbonyl (C=O) groups is 2. The smallest absolute Gasteiger partial charge is 0.225 e. The molecule has 182 valence electrons. The van der Waals surface area contributed by atoms with Gasteiger partial charge in [0, 0.05) is 55.4 Å². The van der Waals surface area contributed by atoms with Gasteiger partial charge in [-0.3, -0.25) is 9.59 Å². The molecule has 2 unspecified atom stereocenters. The summed E-state index contributed by atoms with van der Waals surface area (Å²) in [6.45, 7) is 7.66. The summed E-state index contributed by atoms with van der Waals surface area (Å²) >= 11 is 1.99. The summed E-state index contributed by atoms with van der Waals surface area (Å²) in [6, 6.07) is 3.22. The number of carbonyl (C=O) groups excluding carboxylic acids is 2. The maximum absolute atomic E-state index is 12.5. The lowest BCUT2D eigenvalue weighted by Crippen LogP contribution is -2.54. The molecule has 6 nitrogen and oxygen atoms in total. The molecule has 1 spiro atoms. The number of nitrogens with one attached hydrogen (secondary N) is 1. The number of amides is 2. The minimum atomic E-state index is -0.108. The van der Waals surface area contributed by atoms with Crippen LogP contribution in [0, 0.1) is 17.8 Å². The van der Waals surface area contributed by atoms with Crippen molar-refractivity contribution in [3.63, 3.8) is 0 Å². The monoisotopic (exact) mass is 473 g/mol. The van der Waals surface area contributed by atoms with Gasteiger partial charge in [-0.25, -0.2) is 0 Å². The first-order valence-electron chi connectivity index (χ1n) is 12.8. The van der Waals surface area contributed by atoms with Gasteiger partial charge in [-0.1, -0.05) is 6.92 Å². The molecule has 2 amide bonds. The summed E-state index contributed by atoms with van der Waals surface area (Å²) in [5, 5.41) is 3.20. The Bertz CT molecular complexity index is 909. The van der Waals surface area contributed by atoms with Crippen LogP contribution in [0.2, 0.25) is 0 Å². The van der Waals surface area contributed by atoms with Crippen LogP contribution in [0.15, 0.2) is 6.07 Å². The summed E-state index contributed by atoms with van der Waals surface area (Å²) in [5.74, 6) is 0.612. The molecule has 1 saturated heterocycles. The van der Waals surface area contributed by atoms with Crippen LogP contribution in [-0.4, -0.2) is 67.5 Å². The first-order valence-corrected chi connectivity index (χ1v) is 13.6. The van der Waals surface area contributed by atoms with Gasteiger partial charge in [0.25, 0.3) is 0 Å². The lowest BCUT2D eigenvalue weighted by atomic mass is 9.76. The zero-order valence-electron chi connectivity index (χ0n) is 20.6. The molecule has 3 fully saturated rings. The SMILES string of the molecule is CCc1cc2c(s1)CCO[C@@]21CCN(CC2CC(NC(=O)C3CC3C(=O)N(C)C)C2)[C@@H](C)C1. The van der Waals surface area contributed by atoms with E-state index in [1.165, 1.54) is 10.4 Å². The number of fused-ring (bicyclic) bond motifs is 2. The van der Waals surface area contributed by atoms with E-state index in [0.29, 0.717) is 18.4 Å². The van der Waals surface area contributed by atoms with Crippen LogP contribution in [0.25, 0.3) is 0 Å². The molecule has 33 heavy (non-hydrogen) atoms. The molecular formula is C26H39N3O3S. The number of hydrogen-bond acceptors (Lipinski definition) is 5. The molecule has 4 aliphatic rings. The quantitative estimate of drug-likeness (QED) is 0.689. The third kappa shape index (κ3) is 4.48. The number of piperidine rings is 1. The number of ether oxygens (including phenoxy) is 1. The Balaban J connectivity index is 1.09. The first kappa shape index (κ1) is 23.3. The summed E-state index contributed by atoms with van der Waals surface area (Å²) in [5.41, 5.74) is 1.41. The first-order chi connectivity index (χ1) is 15.8. The van der Waals surface area contributed by atoms with Crippen LogP contribution in [0.1, 0.15) is 61.3 Å². The predicted molar refractivity (Wildman–Crippen MR) is 130 cm³/mol. The third-order valence-electron chi connectivity index (χ3n) is 8.42. The summed E-state index contributed by atoms with van der Waals surface area (Å²) in [6.07, 6.45) is 7.17. The zero-order valence-corrected chi connectivity index (χ0v) is 21.4. The Hall–Kier alpha value is -1.44. The number of rotatable bonds is 6. The van der Waals surface area contributed by atoms with E-state index in [1.54, 1.807) is 23.9 Å². The second-order valence-corrected chi connectivity index (χ2v) is 12.2. The van der Waals surface area contributed by atoms with Crippen molar-refractivity contribution in [3.8, 4) is 0 Å². The van der Waals surface area contributed by atoms with Crippen LogP contribution in [0.5, 0.6) is 0 Å². The molecule has 1 aromatic rings. The van der Waals surface area contributed by atoms with Crippen LogP contribution in [0.4, 0.5) is 0 Å². The van der Waals surface area contributed by atoms with E-state index < -0.39 is 0 Å². The molecular weight excluding hydrogens is 434 g/mol. The Kier molecular flexibility index (Phi) is 6.34. The van der Waals surface area contributed by atoms with E-state index in [2.05, 4.69) is 30.1 Å². The molecule has 2 saturated carbocycles. The molecule has 2 aliphatic heterocycles. The van der Waals surface area contributed by atoms with Crippen molar-refractivity contribution in [2.45, 2.75) is 76.5 Å².